The molecule has 0 unspecified atom stereocenters. The van der Waals surface area contributed by atoms with Crippen LogP contribution >= 0.6 is 11.6 Å². The Morgan fingerprint density at radius 3 is 2.67 bits per heavy atom. The molecule has 0 aliphatic carbocycles. The first-order valence-corrected chi connectivity index (χ1v) is 10.2. The number of nitrogens with one attached hydrogen (secondary N) is 1. The molecular formula is C23H18ClFN4O4. The van der Waals surface area contributed by atoms with E-state index >= 15 is 0 Å². The monoisotopic (exact) mass is 468 g/mol. The molecule has 10 heteroatoms. The molecule has 1 N–H and O–H groups in total. The summed E-state index contributed by atoms with van der Waals surface area (Å²) in [6.45, 7) is 1.86. The fraction of sp³-hybridized carbons (Fsp3) is 0.130. The van der Waals surface area contributed by atoms with Gasteiger partial charge in [-0.05, 0) is 61.0 Å². The van der Waals surface area contributed by atoms with Crippen molar-refractivity contribution in [2.45, 2.75) is 20.1 Å². The summed E-state index contributed by atoms with van der Waals surface area (Å²) in [6, 6.07) is 14.0. The molecule has 2 aromatic carbocycles. The van der Waals surface area contributed by atoms with E-state index in [1.807, 2.05) is 0 Å². The van der Waals surface area contributed by atoms with Crippen LogP contribution < -0.4 is 10.1 Å². The Labute approximate surface area is 193 Å². The molecule has 0 aliphatic heterocycles. The minimum absolute atomic E-state index is 0.0261. The summed E-state index contributed by atoms with van der Waals surface area (Å²) in [5.74, 6) is 0.186. The number of furan rings is 1. The van der Waals surface area contributed by atoms with Crippen LogP contribution in [0.1, 0.15) is 39.2 Å². The lowest BCUT2D eigenvalue weighted by Crippen LogP contribution is -2.12. The van der Waals surface area contributed by atoms with Gasteiger partial charge in [0.25, 0.3) is 5.91 Å². The van der Waals surface area contributed by atoms with Crippen LogP contribution in [0.5, 0.6) is 5.75 Å². The number of ether oxygens (including phenoxy) is 1. The van der Waals surface area contributed by atoms with E-state index in [1.165, 1.54) is 36.1 Å². The SMILES string of the molecule is CC(=O)c1ccc(OCc2ccc(C(=O)Nc3ncn(Cc4ccc(F)cc4Cl)n3)o2)cc1. The van der Waals surface area contributed by atoms with Crippen molar-refractivity contribution >= 4 is 29.2 Å². The summed E-state index contributed by atoms with van der Waals surface area (Å²) in [5, 5.41) is 6.99. The van der Waals surface area contributed by atoms with Crippen molar-refractivity contribution in [3.8, 4) is 5.75 Å². The molecule has 0 fully saturated rings. The Hall–Kier alpha value is -3.98. The molecule has 0 saturated heterocycles. The van der Waals surface area contributed by atoms with Crippen molar-refractivity contribution in [3.05, 3.63) is 94.4 Å². The fourth-order valence-electron chi connectivity index (χ4n) is 2.93. The highest BCUT2D eigenvalue weighted by atomic mass is 35.5. The van der Waals surface area contributed by atoms with Crippen LogP contribution in [-0.4, -0.2) is 26.5 Å². The Bertz CT molecular complexity index is 1300. The first kappa shape index (κ1) is 22.2. The molecule has 2 heterocycles. The van der Waals surface area contributed by atoms with Crippen LogP contribution in [0.25, 0.3) is 0 Å². The number of ketones is 1. The van der Waals surface area contributed by atoms with Gasteiger partial charge in [-0.1, -0.05) is 17.7 Å². The fourth-order valence-corrected chi connectivity index (χ4v) is 3.16. The van der Waals surface area contributed by atoms with E-state index in [1.54, 1.807) is 36.4 Å². The minimum atomic E-state index is -0.523. The normalized spacial score (nSPS) is 10.8. The van der Waals surface area contributed by atoms with Crippen molar-refractivity contribution < 1.29 is 23.1 Å². The quantitative estimate of drug-likeness (QED) is 0.375. The number of carbonyl (C=O) groups excluding carboxylic acids is 2. The topological polar surface area (TPSA) is 99.2 Å². The average Bonchev–Trinajstić information content (AvgIpc) is 3.44. The van der Waals surface area contributed by atoms with Gasteiger partial charge >= 0.3 is 0 Å². The minimum Gasteiger partial charge on any atom is -0.486 e. The van der Waals surface area contributed by atoms with Gasteiger partial charge in [0.1, 0.15) is 30.3 Å². The summed E-state index contributed by atoms with van der Waals surface area (Å²) in [4.78, 5) is 27.8. The van der Waals surface area contributed by atoms with E-state index in [0.29, 0.717) is 22.6 Å². The molecule has 33 heavy (non-hydrogen) atoms. The zero-order valence-electron chi connectivity index (χ0n) is 17.4. The van der Waals surface area contributed by atoms with E-state index in [0.717, 1.165) is 0 Å². The number of carbonyl (C=O) groups is 2. The maximum absolute atomic E-state index is 13.2. The second-order valence-corrected chi connectivity index (χ2v) is 7.50. The maximum Gasteiger partial charge on any atom is 0.293 e. The highest BCUT2D eigenvalue weighted by Crippen LogP contribution is 2.19. The van der Waals surface area contributed by atoms with Gasteiger partial charge < -0.3 is 9.15 Å². The van der Waals surface area contributed by atoms with Crippen LogP contribution in [0.4, 0.5) is 10.3 Å². The highest BCUT2D eigenvalue weighted by Gasteiger charge is 2.14. The van der Waals surface area contributed by atoms with Gasteiger partial charge in [-0.2, -0.15) is 0 Å². The molecule has 4 aromatic rings. The molecule has 0 atom stereocenters. The molecule has 0 spiro atoms. The molecular weight excluding hydrogens is 451 g/mol. The smallest absolute Gasteiger partial charge is 0.293 e. The van der Waals surface area contributed by atoms with E-state index in [2.05, 4.69) is 15.4 Å². The van der Waals surface area contributed by atoms with Gasteiger partial charge in [0.2, 0.25) is 5.95 Å². The summed E-state index contributed by atoms with van der Waals surface area (Å²) in [6.07, 6.45) is 1.42. The number of aromatic nitrogens is 3. The van der Waals surface area contributed by atoms with Gasteiger partial charge in [0.05, 0.1) is 6.54 Å². The number of hydrogen-bond acceptors (Lipinski definition) is 6. The Morgan fingerprint density at radius 2 is 1.94 bits per heavy atom. The van der Waals surface area contributed by atoms with Gasteiger partial charge in [0, 0.05) is 10.6 Å². The zero-order chi connectivity index (χ0) is 23.4. The number of Topliss-reactive ketones (excluding diaryl/α,β-unsaturated/α-hetero) is 1. The lowest BCUT2D eigenvalue weighted by atomic mass is 10.1. The lowest BCUT2D eigenvalue weighted by Gasteiger charge is -2.05. The number of rotatable bonds is 8. The predicted molar refractivity (Wildman–Crippen MR) is 118 cm³/mol. The first-order valence-electron chi connectivity index (χ1n) is 9.84. The summed E-state index contributed by atoms with van der Waals surface area (Å²) < 4.78 is 25.8. The average molecular weight is 469 g/mol. The van der Waals surface area contributed by atoms with Crippen molar-refractivity contribution in [3.63, 3.8) is 0 Å². The third kappa shape index (κ3) is 5.64. The number of amides is 1. The predicted octanol–water partition coefficient (Wildman–Crippen LogP) is 4.75. The van der Waals surface area contributed by atoms with E-state index in [9.17, 15) is 14.0 Å². The molecule has 0 bridgehead atoms. The van der Waals surface area contributed by atoms with Gasteiger partial charge in [0.15, 0.2) is 11.5 Å². The molecule has 0 radical (unpaired) electrons. The van der Waals surface area contributed by atoms with Crippen molar-refractivity contribution in [2.75, 3.05) is 5.32 Å². The first-order chi connectivity index (χ1) is 15.9. The van der Waals surface area contributed by atoms with Crippen molar-refractivity contribution in [1.82, 2.24) is 14.8 Å². The van der Waals surface area contributed by atoms with Crippen LogP contribution in [0.3, 0.4) is 0 Å². The molecule has 2 aromatic heterocycles. The third-order valence-electron chi connectivity index (χ3n) is 4.64. The van der Waals surface area contributed by atoms with Gasteiger partial charge in [-0.3, -0.25) is 14.9 Å². The van der Waals surface area contributed by atoms with Crippen LogP contribution in [-0.2, 0) is 13.2 Å². The third-order valence-corrected chi connectivity index (χ3v) is 4.99. The Kier molecular flexibility index (Phi) is 6.50. The van der Waals surface area contributed by atoms with Crippen molar-refractivity contribution in [2.24, 2.45) is 0 Å². The second kappa shape index (κ2) is 9.66. The molecule has 168 valence electrons. The van der Waals surface area contributed by atoms with Crippen LogP contribution in [0.2, 0.25) is 5.02 Å². The number of benzene rings is 2. The maximum atomic E-state index is 13.2. The second-order valence-electron chi connectivity index (χ2n) is 7.09. The van der Waals surface area contributed by atoms with Crippen LogP contribution in [0.15, 0.2) is 65.3 Å². The van der Waals surface area contributed by atoms with Gasteiger partial charge in [-0.25, -0.2) is 14.1 Å². The molecule has 4 rings (SSSR count). The Morgan fingerprint density at radius 1 is 1.15 bits per heavy atom. The number of halogens is 2. The van der Waals surface area contributed by atoms with Gasteiger partial charge in [-0.15, -0.1) is 5.10 Å². The molecule has 1 amide bonds. The molecule has 0 saturated carbocycles. The van der Waals surface area contributed by atoms with E-state index in [-0.39, 0.29) is 35.7 Å². The number of nitrogens with zero attached hydrogens (tertiary/aromatic N) is 3. The lowest BCUT2D eigenvalue weighted by molar-refractivity contribution is 0.0989. The molecule has 8 nitrogen and oxygen atoms in total. The zero-order valence-corrected chi connectivity index (χ0v) is 18.2. The van der Waals surface area contributed by atoms with Crippen molar-refractivity contribution in [1.29, 1.82) is 0 Å². The number of hydrogen-bond donors (Lipinski definition) is 1. The van der Waals surface area contributed by atoms with Crippen LogP contribution in [0, 0.1) is 5.82 Å². The van der Waals surface area contributed by atoms with E-state index in [4.69, 9.17) is 20.8 Å². The Balaban J connectivity index is 1.32. The summed E-state index contributed by atoms with van der Waals surface area (Å²) in [7, 11) is 0. The highest BCUT2D eigenvalue weighted by molar-refractivity contribution is 6.31. The standard InChI is InChI=1S/C23H18ClFN4O4/c1-14(30)15-3-6-18(7-4-15)32-12-19-8-9-21(33-19)22(31)27-23-26-13-29(28-23)11-16-2-5-17(25)10-20(16)24/h2-10,13H,11-12H2,1H3,(H,27,28,31). The van der Waals surface area contributed by atoms with E-state index < -0.39 is 11.7 Å². The number of anilines is 1. The molecule has 0 aliphatic rings. The summed E-state index contributed by atoms with van der Waals surface area (Å²) >= 11 is 6.03. The largest absolute Gasteiger partial charge is 0.486 e. The summed E-state index contributed by atoms with van der Waals surface area (Å²) in [5.41, 5.74) is 1.25.